The van der Waals surface area contributed by atoms with Crippen molar-refractivity contribution in [2.24, 2.45) is 5.73 Å². The molecule has 0 radical (unpaired) electrons. The summed E-state index contributed by atoms with van der Waals surface area (Å²) in [5.74, 6) is 1.96. The SMILES string of the molecule is CN1CCn2nc(CCC3(N)CC3)nc21. The fourth-order valence-electron chi connectivity index (χ4n) is 2.03. The highest BCUT2D eigenvalue weighted by Gasteiger charge is 2.37. The number of hydrogen-bond acceptors (Lipinski definition) is 4. The molecule has 1 aromatic rings. The third-order valence-corrected chi connectivity index (χ3v) is 3.42. The van der Waals surface area contributed by atoms with Crippen molar-refractivity contribution in [1.82, 2.24) is 14.8 Å². The van der Waals surface area contributed by atoms with E-state index < -0.39 is 0 Å². The van der Waals surface area contributed by atoms with Gasteiger partial charge in [0.15, 0.2) is 5.82 Å². The lowest BCUT2D eigenvalue weighted by Gasteiger charge is -2.06. The van der Waals surface area contributed by atoms with Crippen LogP contribution in [-0.2, 0) is 13.0 Å². The Bertz CT molecular complexity index is 379. The van der Waals surface area contributed by atoms with Crippen molar-refractivity contribution in [2.75, 3.05) is 18.5 Å². The van der Waals surface area contributed by atoms with Crippen molar-refractivity contribution in [1.29, 1.82) is 0 Å². The molecule has 1 aliphatic heterocycles. The maximum absolute atomic E-state index is 6.04. The molecule has 0 aromatic carbocycles. The zero-order chi connectivity index (χ0) is 10.5. The summed E-state index contributed by atoms with van der Waals surface area (Å²) in [5.41, 5.74) is 6.15. The van der Waals surface area contributed by atoms with E-state index >= 15 is 0 Å². The number of fused-ring (bicyclic) bond motifs is 1. The molecule has 0 bridgehead atoms. The van der Waals surface area contributed by atoms with E-state index in [2.05, 4.69) is 22.0 Å². The molecule has 15 heavy (non-hydrogen) atoms. The third-order valence-electron chi connectivity index (χ3n) is 3.42. The molecule has 0 saturated heterocycles. The van der Waals surface area contributed by atoms with Gasteiger partial charge in [-0.2, -0.15) is 10.1 Å². The van der Waals surface area contributed by atoms with E-state index in [0.29, 0.717) is 0 Å². The highest BCUT2D eigenvalue weighted by Crippen LogP contribution is 2.36. The Morgan fingerprint density at radius 3 is 2.87 bits per heavy atom. The topological polar surface area (TPSA) is 60.0 Å². The van der Waals surface area contributed by atoms with Gasteiger partial charge >= 0.3 is 0 Å². The van der Waals surface area contributed by atoms with Gasteiger partial charge in [-0.1, -0.05) is 0 Å². The molecule has 2 aliphatic rings. The Hall–Kier alpha value is -1.10. The van der Waals surface area contributed by atoms with Crippen LogP contribution >= 0.6 is 0 Å². The molecule has 0 spiro atoms. The number of nitrogens with zero attached hydrogens (tertiary/aromatic N) is 4. The van der Waals surface area contributed by atoms with Crippen molar-refractivity contribution in [3.05, 3.63) is 5.82 Å². The van der Waals surface area contributed by atoms with Crippen molar-refractivity contribution in [2.45, 2.75) is 37.8 Å². The van der Waals surface area contributed by atoms with E-state index in [-0.39, 0.29) is 5.54 Å². The average molecular weight is 207 g/mol. The monoisotopic (exact) mass is 207 g/mol. The Labute approximate surface area is 89.3 Å². The van der Waals surface area contributed by atoms with Gasteiger partial charge in [-0.25, -0.2) is 4.68 Å². The highest BCUT2D eigenvalue weighted by molar-refractivity contribution is 5.32. The Kier molecular flexibility index (Phi) is 1.80. The summed E-state index contributed by atoms with van der Waals surface area (Å²) in [7, 11) is 2.06. The first-order chi connectivity index (χ1) is 7.16. The van der Waals surface area contributed by atoms with Gasteiger partial charge in [-0.15, -0.1) is 0 Å². The number of likely N-dealkylation sites (N-methyl/N-ethyl adjacent to an activating group) is 1. The first-order valence-electron chi connectivity index (χ1n) is 5.60. The van der Waals surface area contributed by atoms with Gasteiger partial charge in [0.1, 0.15) is 0 Å². The van der Waals surface area contributed by atoms with Gasteiger partial charge in [0.25, 0.3) is 0 Å². The fourth-order valence-corrected chi connectivity index (χ4v) is 2.03. The molecular formula is C10H17N5. The van der Waals surface area contributed by atoms with Crippen molar-refractivity contribution in [3.63, 3.8) is 0 Å². The normalized spacial score (nSPS) is 21.9. The van der Waals surface area contributed by atoms with Gasteiger partial charge in [0.2, 0.25) is 5.95 Å². The van der Waals surface area contributed by atoms with Crippen molar-refractivity contribution in [3.8, 4) is 0 Å². The number of rotatable bonds is 3. The molecule has 5 heteroatoms. The second-order valence-corrected chi connectivity index (χ2v) is 4.84. The van der Waals surface area contributed by atoms with Crippen LogP contribution in [0.2, 0.25) is 0 Å². The van der Waals surface area contributed by atoms with Crippen LogP contribution < -0.4 is 10.6 Å². The molecular weight excluding hydrogens is 190 g/mol. The van der Waals surface area contributed by atoms with Crippen LogP contribution in [0.25, 0.3) is 0 Å². The van der Waals surface area contributed by atoms with Gasteiger partial charge in [-0.05, 0) is 19.3 Å². The van der Waals surface area contributed by atoms with Crippen LogP contribution in [0.5, 0.6) is 0 Å². The highest BCUT2D eigenvalue weighted by atomic mass is 15.5. The van der Waals surface area contributed by atoms with Crippen molar-refractivity contribution >= 4 is 5.95 Å². The summed E-state index contributed by atoms with van der Waals surface area (Å²) >= 11 is 0. The van der Waals surface area contributed by atoms with E-state index in [1.54, 1.807) is 0 Å². The molecule has 2 N–H and O–H groups in total. The second-order valence-electron chi connectivity index (χ2n) is 4.84. The maximum atomic E-state index is 6.04. The zero-order valence-corrected chi connectivity index (χ0v) is 9.11. The van der Waals surface area contributed by atoms with Crippen molar-refractivity contribution < 1.29 is 0 Å². The van der Waals surface area contributed by atoms with E-state index in [0.717, 1.165) is 37.7 Å². The number of anilines is 1. The largest absolute Gasteiger partial charge is 0.342 e. The fraction of sp³-hybridized carbons (Fsp3) is 0.800. The molecule has 1 saturated carbocycles. The Balaban J connectivity index is 1.69. The summed E-state index contributed by atoms with van der Waals surface area (Å²) in [4.78, 5) is 6.67. The summed E-state index contributed by atoms with van der Waals surface area (Å²) in [5, 5.41) is 4.48. The molecule has 0 atom stereocenters. The van der Waals surface area contributed by atoms with E-state index in [1.165, 1.54) is 12.8 Å². The molecule has 1 fully saturated rings. The lowest BCUT2D eigenvalue weighted by Crippen LogP contribution is -2.22. The number of aromatic nitrogens is 3. The predicted octanol–water partition coefficient (Wildman–Crippen LogP) is 0.152. The molecule has 0 amide bonds. The van der Waals surface area contributed by atoms with Crippen LogP contribution in [0.1, 0.15) is 25.1 Å². The van der Waals surface area contributed by atoms with E-state index in [1.807, 2.05) is 4.68 Å². The second kappa shape index (κ2) is 2.95. The lowest BCUT2D eigenvalue weighted by molar-refractivity contribution is 0.586. The van der Waals surface area contributed by atoms with Crippen LogP contribution in [-0.4, -0.2) is 33.9 Å². The van der Waals surface area contributed by atoms with Gasteiger partial charge in [0.05, 0.1) is 6.54 Å². The molecule has 0 unspecified atom stereocenters. The molecule has 1 aromatic heterocycles. The smallest absolute Gasteiger partial charge is 0.223 e. The van der Waals surface area contributed by atoms with Crippen LogP contribution in [0, 0.1) is 0 Å². The molecule has 82 valence electrons. The third kappa shape index (κ3) is 1.61. The van der Waals surface area contributed by atoms with Gasteiger partial charge in [-0.3, -0.25) is 0 Å². The minimum atomic E-state index is 0.113. The number of aryl methyl sites for hydroxylation is 1. The predicted molar refractivity (Wildman–Crippen MR) is 57.8 cm³/mol. The van der Waals surface area contributed by atoms with E-state index in [4.69, 9.17) is 5.73 Å². The molecule has 1 aliphatic carbocycles. The van der Waals surface area contributed by atoms with Crippen LogP contribution in [0.3, 0.4) is 0 Å². The van der Waals surface area contributed by atoms with Gasteiger partial charge in [0, 0.05) is 25.6 Å². The van der Waals surface area contributed by atoms with Crippen LogP contribution in [0.15, 0.2) is 0 Å². The first kappa shape index (κ1) is 9.15. The summed E-state index contributed by atoms with van der Waals surface area (Å²) in [6.45, 7) is 1.99. The average Bonchev–Trinajstić information content (AvgIpc) is 2.69. The lowest BCUT2D eigenvalue weighted by atomic mass is 10.1. The van der Waals surface area contributed by atoms with Gasteiger partial charge < -0.3 is 10.6 Å². The van der Waals surface area contributed by atoms with Crippen LogP contribution in [0.4, 0.5) is 5.95 Å². The molecule has 3 rings (SSSR count). The van der Waals surface area contributed by atoms with E-state index in [9.17, 15) is 0 Å². The first-order valence-corrected chi connectivity index (χ1v) is 5.60. The quantitative estimate of drug-likeness (QED) is 0.766. The minimum Gasteiger partial charge on any atom is -0.342 e. The zero-order valence-electron chi connectivity index (χ0n) is 9.11. The summed E-state index contributed by atoms with van der Waals surface area (Å²) in [6, 6.07) is 0. The molecule has 5 nitrogen and oxygen atoms in total. The standard InChI is InChI=1S/C10H17N5/c1-14-6-7-15-9(14)12-8(13-15)2-3-10(11)4-5-10/h2-7,11H2,1H3. The number of nitrogens with two attached hydrogens (primary N) is 1. The molecule has 2 heterocycles. The Morgan fingerprint density at radius 1 is 1.40 bits per heavy atom. The minimum absolute atomic E-state index is 0.113. The summed E-state index contributed by atoms with van der Waals surface area (Å²) in [6.07, 6.45) is 4.28. The summed E-state index contributed by atoms with van der Waals surface area (Å²) < 4.78 is 1.99. The number of hydrogen-bond donors (Lipinski definition) is 1. The maximum Gasteiger partial charge on any atom is 0.223 e. The Morgan fingerprint density at radius 2 is 2.20 bits per heavy atom.